The smallest absolute Gasteiger partial charge is 0.264 e. The molecule has 20 heavy (non-hydrogen) atoms. The van der Waals surface area contributed by atoms with Gasteiger partial charge in [-0.2, -0.15) is 5.10 Å². The van der Waals surface area contributed by atoms with Crippen LogP contribution in [0, 0.1) is 0 Å². The number of H-pyrrole nitrogens is 1. The van der Waals surface area contributed by atoms with Crippen molar-refractivity contribution in [2.24, 2.45) is 0 Å². The summed E-state index contributed by atoms with van der Waals surface area (Å²) in [5, 5.41) is 9.45. The molecule has 0 aliphatic heterocycles. The van der Waals surface area contributed by atoms with E-state index in [9.17, 15) is 9.59 Å². The number of hydrogen-bond donors (Lipinski definition) is 2. The van der Waals surface area contributed by atoms with Crippen molar-refractivity contribution < 1.29 is 4.79 Å². The largest absolute Gasteiger partial charge is 0.349 e. The molecule has 1 aliphatic rings. The van der Waals surface area contributed by atoms with Gasteiger partial charge < -0.3 is 10.2 Å². The molecule has 0 spiro atoms. The Hall–Kier alpha value is -1.95. The lowest BCUT2D eigenvalue weighted by Crippen LogP contribution is -2.38. The number of carbonyl (C=O) groups is 1. The molecule has 0 radical (unpaired) electrons. The molecule has 108 valence electrons. The van der Waals surface area contributed by atoms with Crippen molar-refractivity contribution in [2.45, 2.75) is 25.3 Å². The van der Waals surface area contributed by atoms with Crippen molar-refractivity contribution in [3.8, 4) is 0 Å². The second kappa shape index (κ2) is 6.47. The second-order valence-corrected chi connectivity index (χ2v) is 5.32. The van der Waals surface area contributed by atoms with Crippen LogP contribution in [0.25, 0.3) is 0 Å². The number of rotatable bonds is 4. The molecule has 1 atom stereocenters. The van der Waals surface area contributed by atoms with E-state index in [1.54, 1.807) is 12.1 Å². The maximum Gasteiger partial charge on any atom is 0.264 e. The van der Waals surface area contributed by atoms with E-state index in [1.807, 2.05) is 25.1 Å². The van der Waals surface area contributed by atoms with Crippen molar-refractivity contribution in [3.05, 3.63) is 39.8 Å². The Kier molecular flexibility index (Phi) is 4.68. The van der Waals surface area contributed by atoms with E-state index in [0.717, 1.165) is 30.6 Å². The Morgan fingerprint density at radius 2 is 2.40 bits per heavy atom. The molecule has 2 rings (SSSR count). The number of aromatic amines is 1. The first-order chi connectivity index (χ1) is 9.54. The number of amides is 1. The Morgan fingerprint density at radius 1 is 1.60 bits per heavy atom. The van der Waals surface area contributed by atoms with Gasteiger partial charge in [-0.3, -0.25) is 9.59 Å². The van der Waals surface area contributed by atoms with Crippen LogP contribution in [0.2, 0.25) is 0 Å². The topological polar surface area (TPSA) is 78.1 Å². The number of nitrogens with zero attached hydrogens (tertiary/aromatic N) is 2. The number of aromatic nitrogens is 2. The highest BCUT2D eigenvalue weighted by Crippen LogP contribution is 2.17. The maximum absolute atomic E-state index is 11.8. The maximum atomic E-state index is 11.8. The molecule has 0 bridgehead atoms. The molecule has 0 saturated carbocycles. The van der Waals surface area contributed by atoms with Crippen molar-refractivity contribution in [2.75, 3.05) is 20.6 Å². The molecule has 6 nitrogen and oxygen atoms in total. The Morgan fingerprint density at radius 3 is 3.15 bits per heavy atom. The molecule has 1 unspecified atom stereocenters. The van der Waals surface area contributed by atoms with Gasteiger partial charge in [0.25, 0.3) is 5.56 Å². The van der Waals surface area contributed by atoms with Gasteiger partial charge in [0.15, 0.2) is 0 Å². The summed E-state index contributed by atoms with van der Waals surface area (Å²) in [5.41, 5.74) is 1.67. The van der Waals surface area contributed by atoms with Gasteiger partial charge in [0, 0.05) is 24.7 Å². The van der Waals surface area contributed by atoms with Gasteiger partial charge in [-0.05, 0) is 38.9 Å². The number of carbonyl (C=O) groups excluding carboxylic acids is 1. The zero-order valence-electron chi connectivity index (χ0n) is 11.8. The van der Waals surface area contributed by atoms with Gasteiger partial charge in [-0.1, -0.05) is 6.08 Å². The van der Waals surface area contributed by atoms with E-state index in [1.165, 1.54) is 0 Å². The summed E-state index contributed by atoms with van der Waals surface area (Å²) >= 11 is 0. The van der Waals surface area contributed by atoms with Crippen LogP contribution in [0.1, 0.15) is 17.7 Å². The monoisotopic (exact) mass is 276 g/mol. The molecular formula is C14H20N4O2. The van der Waals surface area contributed by atoms with Gasteiger partial charge in [-0.15, -0.1) is 0 Å². The zero-order chi connectivity index (χ0) is 14.5. The van der Waals surface area contributed by atoms with Gasteiger partial charge in [0.2, 0.25) is 5.91 Å². The first kappa shape index (κ1) is 14.5. The van der Waals surface area contributed by atoms with Crippen molar-refractivity contribution in [3.63, 3.8) is 0 Å². The number of likely N-dealkylation sites (N-methyl/N-ethyl adjacent to an activating group) is 1. The molecule has 1 aromatic heterocycles. The highest BCUT2D eigenvalue weighted by molar-refractivity contribution is 5.87. The van der Waals surface area contributed by atoms with E-state index in [4.69, 9.17) is 0 Å². The van der Waals surface area contributed by atoms with Crippen molar-refractivity contribution in [1.29, 1.82) is 0 Å². The minimum Gasteiger partial charge on any atom is -0.349 e. The van der Waals surface area contributed by atoms with Crippen LogP contribution in [-0.2, 0) is 17.6 Å². The fourth-order valence-electron chi connectivity index (χ4n) is 2.28. The summed E-state index contributed by atoms with van der Waals surface area (Å²) in [6.45, 7) is 0.736. The van der Waals surface area contributed by atoms with Crippen LogP contribution in [0.5, 0.6) is 0 Å². The molecule has 1 aromatic rings. The van der Waals surface area contributed by atoms with Crippen LogP contribution < -0.4 is 10.9 Å². The third-order valence-corrected chi connectivity index (χ3v) is 3.26. The summed E-state index contributed by atoms with van der Waals surface area (Å²) < 4.78 is 0. The molecule has 0 fully saturated rings. The number of fused-ring (bicyclic) bond motifs is 1. The van der Waals surface area contributed by atoms with Gasteiger partial charge in [0.1, 0.15) is 0 Å². The highest BCUT2D eigenvalue weighted by atomic mass is 16.1. The summed E-state index contributed by atoms with van der Waals surface area (Å²) in [6.07, 6.45) is 5.68. The summed E-state index contributed by atoms with van der Waals surface area (Å²) in [6, 6.07) is 1.64. The van der Waals surface area contributed by atoms with Crippen LogP contribution in [0.15, 0.2) is 23.0 Å². The Bertz CT molecular complexity index is 563. The average Bonchev–Trinajstić information content (AvgIpc) is 2.37. The van der Waals surface area contributed by atoms with E-state index >= 15 is 0 Å². The second-order valence-electron chi connectivity index (χ2n) is 5.32. The predicted octanol–water partition coefficient (Wildman–Crippen LogP) is -0.139. The normalized spacial score (nSPS) is 18.2. The first-order valence-corrected chi connectivity index (χ1v) is 6.74. The van der Waals surface area contributed by atoms with E-state index in [2.05, 4.69) is 15.5 Å². The molecular weight excluding hydrogens is 256 g/mol. The lowest BCUT2D eigenvalue weighted by Gasteiger charge is -2.23. The van der Waals surface area contributed by atoms with Crippen molar-refractivity contribution in [1.82, 2.24) is 20.4 Å². The molecule has 2 N–H and O–H groups in total. The molecule has 1 heterocycles. The summed E-state index contributed by atoms with van der Waals surface area (Å²) in [7, 11) is 3.90. The van der Waals surface area contributed by atoms with E-state index < -0.39 is 0 Å². The number of nitrogens with one attached hydrogen (secondary N) is 2. The van der Waals surface area contributed by atoms with Crippen LogP contribution in [-0.4, -0.2) is 47.7 Å². The standard InChI is InChI=1S/C14H20N4O2/c1-18(2)7-3-4-13(19)15-11-5-6-12-10(8-11)9-14(20)17-16-12/h3-4,9,11H,5-8H2,1-2H3,(H,15,19)(H,17,20)/b4-3+. The van der Waals surface area contributed by atoms with Crippen LogP contribution in [0.3, 0.4) is 0 Å². The molecule has 1 aliphatic carbocycles. The Labute approximate surface area is 117 Å². The third kappa shape index (κ3) is 4.03. The number of aryl methyl sites for hydroxylation is 1. The van der Waals surface area contributed by atoms with Gasteiger partial charge in [-0.25, -0.2) is 5.10 Å². The molecule has 0 saturated heterocycles. The first-order valence-electron chi connectivity index (χ1n) is 6.74. The highest BCUT2D eigenvalue weighted by Gasteiger charge is 2.20. The minimum absolute atomic E-state index is 0.0719. The zero-order valence-corrected chi connectivity index (χ0v) is 11.8. The molecule has 6 heteroatoms. The predicted molar refractivity (Wildman–Crippen MR) is 76.5 cm³/mol. The number of hydrogen-bond acceptors (Lipinski definition) is 4. The van der Waals surface area contributed by atoms with Crippen LogP contribution in [0.4, 0.5) is 0 Å². The quantitative estimate of drug-likeness (QED) is 0.750. The fourth-order valence-corrected chi connectivity index (χ4v) is 2.28. The summed E-state index contributed by atoms with van der Waals surface area (Å²) in [5.74, 6) is -0.0851. The van der Waals surface area contributed by atoms with Crippen molar-refractivity contribution >= 4 is 5.91 Å². The minimum atomic E-state index is -0.193. The third-order valence-electron chi connectivity index (χ3n) is 3.26. The van der Waals surface area contributed by atoms with E-state index in [-0.39, 0.29) is 17.5 Å². The molecule has 1 amide bonds. The average molecular weight is 276 g/mol. The van der Waals surface area contributed by atoms with Gasteiger partial charge >= 0.3 is 0 Å². The fraction of sp³-hybridized carbons (Fsp3) is 0.500. The summed E-state index contributed by atoms with van der Waals surface area (Å²) in [4.78, 5) is 25.0. The van der Waals surface area contributed by atoms with Gasteiger partial charge in [0.05, 0.1) is 5.69 Å². The molecule has 0 aromatic carbocycles. The Balaban J connectivity index is 1.91. The lowest BCUT2D eigenvalue weighted by molar-refractivity contribution is -0.117. The lowest BCUT2D eigenvalue weighted by atomic mass is 9.92. The van der Waals surface area contributed by atoms with Crippen LogP contribution >= 0.6 is 0 Å². The van der Waals surface area contributed by atoms with E-state index in [0.29, 0.717) is 6.42 Å². The SMILES string of the molecule is CN(C)C/C=C/C(=O)NC1CCc2n[nH]c(=O)cc2C1.